The van der Waals surface area contributed by atoms with Crippen molar-refractivity contribution in [3.8, 4) is 6.07 Å². The topological polar surface area (TPSA) is 70.1 Å². The Morgan fingerprint density at radius 3 is 2.66 bits per heavy atom. The number of Topliss-reactive ketones (excluding diaryl/α,β-unsaturated/α-hetero) is 1. The van der Waals surface area contributed by atoms with Crippen LogP contribution in [0.2, 0.25) is 0 Å². The molecule has 1 atom stereocenters. The molecule has 29 heavy (non-hydrogen) atoms. The smallest absolute Gasteiger partial charge is 0.161 e. The van der Waals surface area contributed by atoms with E-state index in [9.17, 15) is 14.4 Å². The molecule has 2 aromatic carbocycles. The van der Waals surface area contributed by atoms with Gasteiger partial charge in [0, 0.05) is 17.7 Å². The van der Waals surface area contributed by atoms with Crippen molar-refractivity contribution >= 4 is 11.5 Å². The van der Waals surface area contributed by atoms with Crippen molar-refractivity contribution in [1.82, 2.24) is 0 Å². The van der Waals surface area contributed by atoms with Crippen LogP contribution in [0.4, 0.5) is 10.1 Å². The normalized spacial score (nSPS) is 19.3. The maximum Gasteiger partial charge on any atom is 0.161 e. The van der Waals surface area contributed by atoms with E-state index in [4.69, 9.17) is 5.73 Å². The number of rotatable bonds is 2. The maximum atomic E-state index is 13.9. The Morgan fingerprint density at radius 2 is 1.97 bits per heavy atom. The molecule has 0 unspecified atom stereocenters. The van der Waals surface area contributed by atoms with Crippen molar-refractivity contribution in [2.45, 2.75) is 39.0 Å². The highest BCUT2D eigenvalue weighted by molar-refractivity contribution is 6.01. The van der Waals surface area contributed by atoms with Gasteiger partial charge in [-0.2, -0.15) is 5.26 Å². The third-order valence-electron chi connectivity index (χ3n) is 5.72. The van der Waals surface area contributed by atoms with Crippen LogP contribution >= 0.6 is 0 Å². The van der Waals surface area contributed by atoms with Gasteiger partial charge in [0.15, 0.2) is 5.78 Å². The second-order valence-corrected chi connectivity index (χ2v) is 7.66. The molecular weight excluding hydrogens is 365 g/mol. The first kappa shape index (κ1) is 18.9. The van der Waals surface area contributed by atoms with Crippen molar-refractivity contribution < 1.29 is 9.18 Å². The summed E-state index contributed by atoms with van der Waals surface area (Å²) in [4.78, 5) is 14.8. The summed E-state index contributed by atoms with van der Waals surface area (Å²) in [5.74, 6) is -0.600. The van der Waals surface area contributed by atoms with Crippen LogP contribution in [0.5, 0.6) is 0 Å². The lowest BCUT2D eigenvalue weighted by molar-refractivity contribution is -0.116. The number of allylic oxidation sites excluding steroid dienone is 3. The predicted octanol–water partition coefficient (Wildman–Crippen LogP) is 4.75. The van der Waals surface area contributed by atoms with Crippen LogP contribution in [0.1, 0.15) is 41.9 Å². The highest BCUT2D eigenvalue weighted by Gasteiger charge is 2.40. The molecule has 0 spiro atoms. The lowest BCUT2D eigenvalue weighted by Crippen LogP contribution is -2.38. The Labute approximate surface area is 169 Å². The number of hydrogen-bond acceptors (Lipinski definition) is 4. The molecule has 4 nitrogen and oxygen atoms in total. The van der Waals surface area contributed by atoms with Crippen molar-refractivity contribution in [3.63, 3.8) is 0 Å². The van der Waals surface area contributed by atoms with Gasteiger partial charge in [0.1, 0.15) is 11.6 Å². The average molecular weight is 387 g/mol. The van der Waals surface area contributed by atoms with Crippen LogP contribution in [0.15, 0.2) is 65.1 Å². The van der Waals surface area contributed by atoms with Crippen molar-refractivity contribution in [3.05, 3.63) is 87.6 Å². The molecule has 2 aromatic rings. The highest BCUT2D eigenvalue weighted by atomic mass is 19.1. The minimum atomic E-state index is -0.492. The van der Waals surface area contributed by atoms with E-state index in [1.54, 1.807) is 17.0 Å². The Balaban J connectivity index is 1.99. The summed E-state index contributed by atoms with van der Waals surface area (Å²) < 4.78 is 13.9. The number of benzene rings is 2. The molecule has 1 heterocycles. The molecular formula is C24H22FN3O. The van der Waals surface area contributed by atoms with E-state index in [1.807, 2.05) is 32.0 Å². The van der Waals surface area contributed by atoms with Gasteiger partial charge in [-0.05, 0) is 56.0 Å². The number of halogens is 1. The lowest BCUT2D eigenvalue weighted by Gasteiger charge is -2.40. The molecule has 0 saturated carbocycles. The van der Waals surface area contributed by atoms with Gasteiger partial charge in [-0.25, -0.2) is 4.39 Å². The molecule has 0 bridgehead atoms. The summed E-state index contributed by atoms with van der Waals surface area (Å²) in [7, 11) is 0. The molecule has 5 heteroatoms. The molecule has 2 aliphatic rings. The van der Waals surface area contributed by atoms with Gasteiger partial charge in [-0.3, -0.25) is 9.69 Å². The summed E-state index contributed by atoms with van der Waals surface area (Å²) >= 11 is 0. The number of anilines is 1. The number of carbonyl (C=O) groups is 1. The summed E-state index contributed by atoms with van der Waals surface area (Å²) in [5, 5.41) is 10.0. The number of nitrogens with two attached hydrogens (primary N) is 1. The van der Waals surface area contributed by atoms with E-state index in [1.165, 1.54) is 12.1 Å². The summed E-state index contributed by atoms with van der Waals surface area (Å²) in [6, 6.07) is 14.3. The SMILES string of the molecule is Cc1ccc([C@H]2C(C#N)=C(N)N(c3cccc(F)c3)C3=C2C(=O)CCC3)c(C)c1. The van der Waals surface area contributed by atoms with Crippen LogP contribution in [0.3, 0.4) is 0 Å². The Kier molecular flexibility index (Phi) is 4.71. The Bertz CT molecular complexity index is 1120. The number of hydrogen-bond donors (Lipinski definition) is 1. The van der Waals surface area contributed by atoms with Gasteiger partial charge in [-0.1, -0.05) is 29.8 Å². The van der Waals surface area contributed by atoms with Crippen LogP contribution in [-0.4, -0.2) is 5.78 Å². The van der Waals surface area contributed by atoms with Crippen molar-refractivity contribution in [1.29, 1.82) is 5.26 Å². The number of ketones is 1. The fraction of sp³-hybridized carbons (Fsp3) is 0.250. The molecule has 0 saturated heterocycles. The van der Waals surface area contributed by atoms with E-state index in [0.29, 0.717) is 36.1 Å². The van der Waals surface area contributed by atoms with E-state index >= 15 is 0 Å². The molecule has 1 aliphatic heterocycles. The minimum Gasteiger partial charge on any atom is -0.384 e. The van der Waals surface area contributed by atoms with Gasteiger partial charge in [0.2, 0.25) is 0 Å². The summed E-state index contributed by atoms with van der Waals surface area (Å²) in [5.41, 5.74) is 11.8. The number of carbonyl (C=O) groups excluding carboxylic acids is 1. The van der Waals surface area contributed by atoms with Crippen LogP contribution in [0.25, 0.3) is 0 Å². The van der Waals surface area contributed by atoms with E-state index in [-0.39, 0.29) is 11.6 Å². The second kappa shape index (κ2) is 7.21. The second-order valence-electron chi connectivity index (χ2n) is 7.66. The van der Waals surface area contributed by atoms with Gasteiger partial charge >= 0.3 is 0 Å². The minimum absolute atomic E-state index is 0.0258. The largest absolute Gasteiger partial charge is 0.384 e. The standard InChI is InChI=1S/C24H22FN3O/c1-14-9-10-18(15(2)11-14)22-19(13-26)24(27)28(17-6-3-5-16(25)12-17)20-7-4-8-21(29)23(20)22/h3,5-6,9-12,22H,4,7-8,27H2,1-2H3/t22-/m0/s1. The van der Waals surface area contributed by atoms with Crippen LogP contribution in [0, 0.1) is 31.0 Å². The Hall–Kier alpha value is -3.39. The number of nitrogens with zero attached hydrogens (tertiary/aromatic N) is 2. The first-order valence-electron chi connectivity index (χ1n) is 9.71. The molecule has 0 fully saturated rings. The highest BCUT2D eigenvalue weighted by Crippen LogP contribution is 2.46. The van der Waals surface area contributed by atoms with E-state index < -0.39 is 11.7 Å². The quantitative estimate of drug-likeness (QED) is 0.807. The van der Waals surface area contributed by atoms with Crippen LogP contribution < -0.4 is 10.6 Å². The third-order valence-corrected chi connectivity index (χ3v) is 5.72. The molecule has 0 radical (unpaired) electrons. The predicted molar refractivity (Wildman–Crippen MR) is 110 cm³/mol. The zero-order valence-corrected chi connectivity index (χ0v) is 16.5. The van der Waals surface area contributed by atoms with Crippen molar-refractivity contribution in [2.24, 2.45) is 5.73 Å². The molecule has 4 rings (SSSR count). The third kappa shape index (κ3) is 3.11. The summed E-state index contributed by atoms with van der Waals surface area (Å²) in [6.07, 6.45) is 1.80. The first-order valence-corrected chi connectivity index (χ1v) is 9.71. The number of nitriles is 1. The van der Waals surface area contributed by atoms with E-state index in [2.05, 4.69) is 6.07 Å². The fourth-order valence-electron chi connectivity index (χ4n) is 4.46. The van der Waals surface area contributed by atoms with Gasteiger partial charge in [-0.15, -0.1) is 0 Å². The van der Waals surface area contributed by atoms with Crippen molar-refractivity contribution in [2.75, 3.05) is 4.90 Å². The monoisotopic (exact) mass is 387 g/mol. The maximum absolute atomic E-state index is 13.9. The lowest BCUT2D eigenvalue weighted by atomic mass is 9.74. The molecule has 0 amide bonds. The average Bonchev–Trinajstić information content (AvgIpc) is 2.67. The van der Waals surface area contributed by atoms with E-state index in [0.717, 1.165) is 22.4 Å². The van der Waals surface area contributed by atoms with Crippen LogP contribution in [-0.2, 0) is 4.79 Å². The molecule has 2 N–H and O–H groups in total. The fourth-order valence-corrected chi connectivity index (χ4v) is 4.46. The van der Waals surface area contributed by atoms with Gasteiger partial charge < -0.3 is 5.73 Å². The molecule has 1 aliphatic carbocycles. The van der Waals surface area contributed by atoms with Gasteiger partial charge in [0.05, 0.1) is 23.2 Å². The van der Waals surface area contributed by atoms with Gasteiger partial charge in [0.25, 0.3) is 0 Å². The Morgan fingerprint density at radius 1 is 1.17 bits per heavy atom. The zero-order valence-electron chi connectivity index (χ0n) is 16.5. The molecule has 0 aromatic heterocycles. The molecule has 146 valence electrons. The first-order chi connectivity index (χ1) is 13.9. The number of aryl methyl sites for hydroxylation is 2. The zero-order chi connectivity index (χ0) is 20.7. The summed E-state index contributed by atoms with van der Waals surface area (Å²) in [6.45, 7) is 4.00.